The van der Waals surface area contributed by atoms with Gasteiger partial charge in [0.2, 0.25) is 5.91 Å². The van der Waals surface area contributed by atoms with E-state index in [1.165, 1.54) is 26.1 Å². The zero-order valence-electron chi connectivity index (χ0n) is 19.5. The molecule has 1 amide bonds. The van der Waals surface area contributed by atoms with E-state index in [-0.39, 0.29) is 35.6 Å². The summed E-state index contributed by atoms with van der Waals surface area (Å²) in [6.07, 6.45) is -2.55. The minimum absolute atomic E-state index is 0.00436. The Morgan fingerprint density at radius 1 is 1.31 bits per heavy atom. The molecule has 2 heterocycles. The number of aliphatic imine (C=N–C) groups is 2. The lowest BCUT2D eigenvalue weighted by atomic mass is 10.0. The lowest BCUT2D eigenvalue weighted by molar-refractivity contribution is -0.128. The molecular weight excluding hydrogens is 468 g/mol. The Kier molecular flexibility index (Phi) is 8.15. The SMILES string of the molecule is CN=CC(=C(N)C(F)(F)F)c1ccc(N=C(N)C2=C(N[C@H]3CCOC3)CCN(C(C)=O)C2)c(F)c1. The lowest BCUT2D eigenvalue weighted by Crippen LogP contribution is -2.43. The standard InChI is InChI=1S/C23H28F4N6O2/c1-13(34)33-7-5-19(31-15-6-8-35-12-15)17(11-33)22(29)32-20-4-3-14(9-18(20)24)16(10-30-2)21(28)23(25,26)27/h3-4,9-10,15,31H,5-8,11-12,28H2,1-2H3,(H2,29,32)/t15-/m0/s1. The second-order valence-electron chi connectivity index (χ2n) is 8.23. The summed E-state index contributed by atoms with van der Waals surface area (Å²) >= 11 is 0. The lowest BCUT2D eigenvalue weighted by Gasteiger charge is -2.31. The second kappa shape index (κ2) is 10.9. The van der Waals surface area contributed by atoms with Gasteiger partial charge in [0.15, 0.2) is 0 Å². The van der Waals surface area contributed by atoms with Gasteiger partial charge < -0.3 is 26.4 Å². The van der Waals surface area contributed by atoms with Crippen molar-refractivity contribution >= 4 is 29.2 Å². The molecule has 1 aromatic carbocycles. The van der Waals surface area contributed by atoms with Crippen LogP contribution in [-0.2, 0) is 9.53 Å². The summed E-state index contributed by atoms with van der Waals surface area (Å²) in [4.78, 5) is 21.3. The number of nitrogens with one attached hydrogen (secondary N) is 1. The van der Waals surface area contributed by atoms with Crippen molar-refractivity contribution < 1.29 is 27.1 Å². The van der Waals surface area contributed by atoms with E-state index in [0.717, 1.165) is 24.4 Å². The Morgan fingerprint density at radius 2 is 2.06 bits per heavy atom. The van der Waals surface area contributed by atoms with E-state index >= 15 is 0 Å². The van der Waals surface area contributed by atoms with Crippen LogP contribution in [0.2, 0.25) is 0 Å². The highest BCUT2D eigenvalue weighted by Crippen LogP contribution is 2.30. The third-order valence-corrected chi connectivity index (χ3v) is 5.76. The fraction of sp³-hybridized carbons (Fsp3) is 0.435. The molecule has 0 radical (unpaired) electrons. The van der Waals surface area contributed by atoms with Crippen LogP contribution in [0.5, 0.6) is 0 Å². The Bertz CT molecular complexity index is 1090. The van der Waals surface area contributed by atoms with Gasteiger partial charge in [-0.1, -0.05) is 6.07 Å². The van der Waals surface area contributed by atoms with Gasteiger partial charge >= 0.3 is 6.18 Å². The molecule has 1 atom stereocenters. The van der Waals surface area contributed by atoms with Crippen LogP contribution in [-0.4, -0.2) is 68.4 Å². The zero-order chi connectivity index (χ0) is 25.8. The molecule has 35 heavy (non-hydrogen) atoms. The monoisotopic (exact) mass is 496 g/mol. The number of allylic oxidation sites excluding steroid dienone is 2. The van der Waals surface area contributed by atoms with Gasteiger partial charge in [-0.15, -0.1) is 0 Å². The summed E-state index contributed by atoms with van der Waals surface area (Å²) in [5.74, 6) is -1.01. The molecule has 5 N–H and O–H groups in total. The molecule has 1 saturated heterocycles. The molecule has 190 valence electrons. The van der Waals surface area contributed by atoms with Crippen LogP contribution in [0, 0.1) is 5.82 Å². The summed E-state index contributed by atoms with van der Waals surface area (Å²) < 4.78 is 59.6. The van der Waals surface area contributed by atoms with Crippen molar-refractivity contribution in [1.82, 2.24) is 10.2 Å². The molecule has 3 rings (SSSR count). The number of amides is 1. The van der Waals surface area contributed by atoms with E-state index in [9.17, 15) is 22.4 Å². The van der Waals surface area contributed by atoms with E-state index < -0.39 is 23.3 Å². The van der Waals surface area contributed by atoms with Crippen LogP contribution in [0.3, 0.4) is 0 Å². The number of hydrogen-bond acceptors (Lipinski definition) is 6. The fourth-order valence-corrected chi connectivity index (χ4v) is 3.87. The van der Waals surface area contributed by atoms with Crippen LogP contribution >= 0.6 is 0 Å². The van der Waals surface area contributed by atoms with E-state index in [0.29, 0.717) is 31.8 Å². The van der Waals surface area contributed by atoms with Crippen molar-refractivity contribution in [2.24, 2.45) is 21.5 Å². The second-order valence-corrected chi connectivity index (χ2v) is 8.23. The number of hydrogen-bond donors (Lipinski definition) is 3. The van der Waals surface area contributed by atoms with E-state index in [1.54, 1.807) is 4.90 Å². The summed E-state index contributed by atoms with van der Waals surface area (Å²) in [5, 5.41) is 3.39. The zero-order valence-corrected chi connectivity index (χ0v) is 19.5. The van der Waals surface area contributed by atoms with E-state index in [2.05, 4.69) is 15.3 Å². The van der Waals surface area contributed by atoms with Crippen LogP contribution < -0.4 is 16.8 Å². The van der Waals surface area contributed by atoms with Crippen LogP contribution in [0.25, 0.3) is 5.57 Å². The number of nitrogens with zero attached hydrogens (tertiary/aromatic N) is 3. The number of alkyl halides is 3. The highest BCUT2D eigenvalue weighted by atomic mass is 19.4. The van der Waals surface area contributed by atoms with E-state index in [4.69, 9.17) is 16.2 Å². The number of benzene rings is 1. The summed E-state index contributed by atoms with van der Waals surface area (Å²) in [6.45, 7) is 3.32. The number of rotatable bonds is 6. The molecule has 0 saturated carbocycles. The van der Waals surface area contributed by atoms with Gasteiger partial charge in [-0.3, -0.25) is 9.79 Å². The van der Waals surface area contributed by atoms with Gasteiger partial charge in [0.05, 0.1) is 19.2 Å². The molecule has 2 aliphatic heterocycles. The van der Waals surface area contributed by atoms with Gasteiger partial charge in [0.1, 0.15) is 23.0 Å². The molecule has 8 nitrogen and oxygen atoms in total. The predicted molar refractivity (Wildman–Crippen MR) is 126 cm³/mol. The van der Waals surface area contributed by atoms with Crippen molar-refractivity contribution in [2.75, 3.05) is 33.4 Å². The van der Waals surface area contributed by atoms with Crippen LogP contribution in [0.15, 0.2) is 45.2 Å². The van der Waals surface area contributed by atoms with Gasteiger partial charge in [-0.2, -0.15) is 13.2 Å². The molecule has 0 bridgehead atoms. The molecule has 12 heteroatoms. The molecule has 1 aromatic rings. The summed E-state index contributed by atoms with van der Waals surface area (Å²) in [7, 11) is 1.28. The first-order chi connectivity index (χ1) is 16.5. The van der Waals surface area contributed by atoms with Crippen molar-refractivity contribution in [3.05, 3.63) is 46.5 Å². The summed E-state index contributed by atoms with van der Waals surface area (Å²) in [5.41, 5.74) is 10.7. The topological polar surface area (TPSA) is 118 Å². The number of carbonyl (C=O) groups excluding carboxylic acids is 1. The van der Waals surface area contributed by atoms with E-state index in [1.807, 2.05) is 0 Å². The maximum Gasteiger partial charge on any atom is 0.431 e. The number of amidine groups is 1. The Morgan fingerprint density at radius 3 is 2.63 bits per heavy atom. The van der Waals surface area contributed by atoms with Crippen molar-refractivity contribution in [3.63, 3.8) is 0 Å². The Hall–Kier alpha value is -3.41. The molecule has 0 aliphatic carbocycles. The molecule has 0 unspecified atom stereocenters. The highest BCUT2D eigenvalue weighted by Gasteiger charge is 2.34. The molecule has 1 fully saturated rings. The van der Waals surface area contributed by atoms with Crippen LogP contribution in [0.4, 0.5) is 23.2 Å². The smallest absolute Gasteiger partial charge is 0.394 e. The molecular formula is C23H28F4N6O2. The van der Waals surface area contributed by atoms with Crippen LogP contribution in [0.1, 0.15) is 25.3 Å². The first-order valence-electron chi connectivity index (χ1n) is 11.0. The molecule has 0 aromatic heterocycles. The fourth-order valence-electron chi connectivity index (χ4n) is 3.87. The predicted octanol–water partition coefficient (Wildman–Crippen LogP) is 2.63. The average molecular weight is 497 g/mol. The van der Waals surface area contributed by atoms with Gasteiger partial charge in [0.25, 0.3) is 0 Å². The Balaban J connectivity index is 1.97. The first kappa shape index (κ1) is 26.2. The van der Waals surface area contributed by atoms with Crippen molar-refractivity contribution in [2.45, 2.75) is 32.0 Å². The minimum atomic E-state index is -4.81. The minimum Gasteiger partial charge on any atom is -0.394 e. The number of nitrogens with two attached hydrogens (primary N) is 2. The number of halogens is 4. The molecule has 0 spiro atoms. The third kappa shape index (κ3) is 6.38. The highest BCUT2D eigenvalue weighted by molar-refractivity contribution is 6.11. The quantitative estimate of drug-likeness (QED) is 0.318. The van der Waals surface area contributed by atoms with Crippen molar-refractivity contribution in [3.8, 4) is 0 Å². The van der Waals surface area contributed by atoms with Gasteiger partial charge in [-0.05, 0) is 24.1 Å². The Labute approximate surface area is 200 Å². The maximum absolute atomic E-state index is 14.9. The third-order valence-electron chi connectivity index (χ3n) is 5.76. The number of carbonyl (C=O) groups is 1. The normalized spacial score (nSPS) is 20.5. The number of ether oxygens (including phenoxy) is 1. The molecule has 2 aliphatic rings. The largest absolute Gasteiger partial charge is 0.431 e. The first-order valence-corrected chi connectivity index (χ1v) is 11.0. The summed E-state index contributed by atoms with van der Waals surface area (Å²) in [6, 6.07) is 3.47. The van der Waals surface area contributed by atoms with Gasteiger partial charge in [0, 0.05) is 56.6 Å². The average Bonchev–Trinajstić information content (AvgIpc) is 3.31. The van der Waals surface area contributed by atoms with Crippen molar-refractivity contribution in [1.29, 1.82) is 0 Å². The van der Waals surface area contributed by atoms with Gasteiger partial charge in [-0.25, -0.2) is 9.38 Å². The maximum atomic E-state index is 14.9.